The molecule has 1 aromatic carbocycles. The van der Waals surface area contributed by atoms with Crippen molar-refractivity contribution in [2.75, 3.05) is 4.90 Å². The summed E-state index contributed by atoms with van der Waals surface area (Å²) in [5, 5.41) is 0. The van der Waals surface area contributed by atoms with Crippen LogP contribution in [0.1, 0.15) is 39.2 Å². The standard InChI is InChI=1S/C20H23NO4/c1-11-5-7-15(8-6-11)21-12(2)20(13(3)22)16-9-17(21)18(24)10-19(16)25-14(4)23/h5-8,16-17,19H,9-10H2,1-4H3/t16-,17+,19+/m0/s1. The summed E-state index contributed by atoms with van der Waals surface area (Å²) in [4.78, 5) is 38.5. The van der Waals surface area contributed by atoms with Crippen LogP contribution in [0, 0.1) is 12.8 Å². The summed E-state index contributed by atoms with van der Waals surface area (Å²) >= 11 is 0. The largest absolute Gasteiger partial charge is 0.461 e. The Balaban J connectivity index is 2.10. The lowest BCUT2D eigenvalue weighted by Crippen LogP contribution is -2.54. The zero-order valence-corrected chi connectivity index (χ0v) is 15.0. The zero-order valence-electron chi connectivity index (χ0n) is 15.0. The Morgan fingerprint density at radius 2 is 1.76 bits per heavy atom. The van der Waals surface area contributed by atoms with E-state index in [1.165, 1.54) is 13.8 Å². The maximum Gasteiger partial charge on any atom is 0.302 e. The molecule has 5 nitrogen and oxygen atoms in total. The molecule has 25 heavy (non-hydrogen) atoms. The fourth-order valence-corrected chi connectivity index (χ4v) is 4.12. The number of aryl methyl sites for hydroxylation is 1. The van der Waals surface area contributed by atoms with Gasteiger partial charge in [0.15, 0.2) is 11.6 Å². The minimum atomic E-state index is -0.546. The summed E-state index contributed by atoms with van der Waals surface area (Å²) < 4.78 is 5.37. The summed E-state index contributed by atoms with van der Waals surface area (Å²) in [6.45, 7) is 6.75. The molecule has 1 aromatic rings. The summed E-state index contributed by atoms with van der Waals surface area (Å²) in [7, 11) is 0. The molecule has 1 fully saturated rings. The number of allylic oxidation sites excluding steroid dienone is 1. The van der Waals surface area contributed by atoms with Gasteiger partial charge in [-0.05, 0) is 39.3 Å². The van der Waals surface area contributed by atoms with E-state index in [9.17, 15) is 14.4 Å². The maximum absolute atomic E-state index is 12.7. The third-order valence-electron chi connectivity index (χ3n) is 5.14. The lowest BCUT2D eigenvalue weighted by Gasteiger charge is -2.47. The third-order valence-corrected chi connectivity index (χ3v) is 5.14. The van der Waals surface area contributed by atoms with Crippen molar-refractivity contribution < 1.29 is 19.1 Å². The van der Waals surface area contributed by atoms with Crippen molar-refractivity contribution in [3.63, 3.8) is 0 Å². The van der Waals surface area contributed by atoms with Crippen LogP contribution in [0.4, 0.5) is 5.69 Å². The quantitative estimate of drug-likeness (QED) is 0.791. The highest BCUT2D eigenvalue weighted by Crippen LogP contribution is 2.43. The smallest absolute Gasteiger partial charge is 0.302 e. The summed E-state index contributed by atoms with van der Waals surface area (Å²) in [6.07, 6.45) is 0.105. The van der Waals surface area contributed by atoms with E-state index in [2.05, 4.69) is 0 Å². The normalized spacial score (nSPS) is 25.8. The Kier molecular flexibility index (Phi) is 4.50. The molecule has 3 rings (SSSR count). The van der Waals surface area contributed by atoms with Crippen molar-refractivity contribution >= 4 is 23.2 Å². The fraction of sp³-hybridized carbons (Fsp3) is 0.450. The molecule has 0 amide bonds. The second-order valence-electron chi connectivity index (χ2n) is 6.94. The molecule has 1 saturated carbocycles. The monoisotopic (exact) mass is 341 g/mol. The van der Waals surface area contributed by atoms with Gasteiger partial charge in [-0.15, -0.1) is 0 Å². The molecule has 132 valence electrons. The lowest BCUT2D eigenvalue weighted by molar-refractivity contribution is -0.152. The van der Waals surface area contributed by atoms with E-state index < -0.39 is 12.1 Å². The van der Waals surface area contributed by atoms with Crippen LogP contribution in [-0.4, -0.2) is 29.7 Å². The van der Waals surface area contributed by atoms with Crippen LogP contribution >= 0.6 is 0 Å². The first-order chi connectivity index (χ1) is 11.8. The molecule has 0 spiro atoms. The summed E-state index contributed by atoms with van der Waals surface area (Å²) in [6, 6.07) is 7.63. The molecule has 5 heteroatoms. The van der Waals surface area contributed by atoms with Gasteiger partial charge in [-0.1, -0.05) is 17.7 Å². The lowest BCUT2D eigenvalue weighted by atomic mass is 9.72. The molecule has 0 unspecified atom stereocenters. The number of benzene rings is 1. The fourth-order valence-electron chi connectivity index (χ4n) is 4.12. The van der Waals surface area contributed by atoms with Gasteiger partial charge in [0.2, 0.25) is 0 Å². The highest BCUT2D eigenvalue weighted by molar-refractivity contribution is 5.99. The number of Topliss-reactive ketones (excluding diaryl/α,β-unsaturated/α-hetero) is 2. The van der Waals surface area contributed by atoms with Gasteiger partial charge in [-0.25, -0.2) is 0 Å². The van der Waals surface area contributed by atoms with Gasteiger partial charge in [0, 0.05) is 36.2 Å². The highest BCUT2D eigenvalue weighted by atomic mass is 16.5. The van der Waals surface area contributed by atoms with Crippen LogP contribution in [0.15, 0.2) is 35.5 Å². The number of nitrogens with zero attached hydrogens (tertiary/aromatic N) is 1. The van der Waals surface area contributed by atoms with E-state index in [4.69, 9.17) is 4.74 Å². The van der Waals surface area contributed by atoms with Gasteiger partial charge in [-0.3, -0.25) is 14.4 Å². The second kappa shape index (κ2) is 6.47. The zero-order chi connectivity index (χ0) is 18.3. The van der Waals surface area contributed by atoms with Crippen LogP contribution in [0.2, 0.25) is 0 Å². The Hall–Kier alpha value is -2.43. The molecule has 2 aliphatic rings. The van der Waals surface area contributed by atoms with E-state index in [1.54, 1.807) is 0 Å². The van der Waals surface area contributed by atoms with Crippen LogP contribution in [0.25, 0.3) is 0 Å². The van der Waals surface area contributed by atoms with E-state index in [0.717, 1.165) is 16.9 Å². The molecule has 1 aliphatic heterocycles. The van der Waals surface area contributed by atoms with Gasteiger partial charge >= 0.3 is 5.97 Å². The maximum atomic E-state index is 12.7. The first-order valence-corrected chi connectivity index (χ1v) is 8.57. The summed E-state index contributed by atoms with van der Waals surface area (Å²) in [5.74, 6) is -0.627. The number of hydrogen-bond acceptors (Lipinski definition) is 5. The molecule has 0 saturated heterocycles. The minimum absolute atomic E-state index is 0.0374. The summed E-state index contributed by atoms with van der Waals surface area (Å²) in [5.41, 5.74) is 3.49. The number of rotatable bonds is 3. The Morgan fingerprint density at radius 3 is 2.32 bits per heavy atom. The number of fused-ring (bicyclic) bond motifs is 2. The van der Waals surface area contributed by atoms with Gasteiger partial charge < -0.3 is 9.64 Å². The molecule has 0 radical (unpaired) electrons. The van der Waals surface area contributed by atoms with Crippen molar-refractivity contribution in [2.45, 2.75) is 52.7 Å². The van der Waals surface area contributed by atoms with E-state index >= 15 is 0 Å². The molecule has 3 atom stereocenters. The highest BCUT2D eigenvalue weighted by Gasteiger charge is 2.48. The van der Waals surface area contributed by atoms with Gasteiger partial charge in [-0.2, -0.15) is 0 Å². The van der Waals surface area contributed by atoms with Gasteiger partial charge in [0.25, 0.3) is 0 Å². The molecular formula is C20H23NO4. The first-order valence-electron chi connectivity index (χ1n) is 8.57. The van der Waals surface area contributed by atoms with Crippen LogP contribution < -0.4 is 4.90 Å². The third kappa shape index (κ3) is 3.11. The second-order valence-corrected chi connectivity index (χ2v) is 6.94. The topological polar surface area (TPSA) is 63.7 Å². The average Bonchev–Trinajstić information content (AvgIpc) is 2.52. The Bertz CT molecular complexity index is 762. The number of ketones is 2. The van der Waals surface area contributed by atoms with Gasteiger partial charge in [0.1, 0.15) is 6.10 Å². The first kappa shape index (κ1) is 17.4. The van der Waals surface area contributed by atoms with Crippen molar-refractivity contribution in [1.82, 2.24) is 0 Å². The predicted molar refractivity (Wildman–Crippen MR) is 94.1 cm³/mol. The molecular weight excluding hydrogens is 318 g/mol. The number of hydrogen-bond donors (Lipinski definition) is 0. The van der Waals surface area contributed by atoms with E-state index in [0.29, 0.717) is 12.0 Å². The molecule has 0 aromatic heterocycles. The molecule has 1 aliphatic carbocycles. The molecule has 0 N–H and O–H groups in total. The Morgan fingerprint density at radius 1 is 1.12 bits per heavy atom. The number of carbonyl (C=O) groups excluding carboxylic acids is 3. The van der Waals surface area contributed by atoms with Crippen LogP contribution in [0.3, 0.4) is 0 Å². The number of esters is 1. The van der Waals surface area contributed by atoms with Crippen LogP contribution in [-0.2, 0) is 19.1 Å². The van der Waals surface area contributed by atoms with E-state index in [1.807, 2.05) is 43.0 Å². The van der Waals surface area contributed by atoms with Crippen molar-refractivity contribution in [3.05, 3.63) is 41.1 Å². The SMILES string of the molecule is CC(=O)O[C@@H]1CC(=O)[C@H]2C[C@@H]1C(C(C)=O)=C(C)N2c1ccc(C)cc1. The van der Waals surface area contributed by atoms with Crippen molar-refractivity contribution in [3.8, 4) is 0 Å². The average molecular weight is 341 g/mol. The minimum Gasteiger partial charge on any atom is -0.461 e. The van der Waals surface area contributed by atoms with Gasteiger partial charge in [0.05, 0.1) is 6.04 Å². The van der Waals surface area contributed by atoms with Crippen LogP contribution in [0.5, 0.6) is 0 Å². The molecule has 1 heterocycles. The number of carbonyl (C=O) groups is 3. The predicted octanol–water partition coefficient (Wildman–Crippen LogP) is 2.96. The molecule has 2 bridgehead atoms. The van der Waals surface area contributed by atoms with Crippen molar-refractivity contribution in [1.29, 1.82) is 0 Å². The number of anilines is 1. The number of ether oxygens (including phenoxy) is 1. The van der Waals surface area contributed by atoms with E-state index in [-0.39, 0.29) is 29.9 Å². The Labute approximate surface area is 147 Å². The van der Waals surface area contributed by atoms with Crippen molar-refractivity contribution in [2.24, 2.45) is 5.92 Å².